The number of hydrogen-bond donors (Lipinski definition) is 1. The first-order valence-corrected chi connectivity index (χ1v) is 6.07. The average Bonchev–Trinajstić information content (AvgIpc) is 2.17. The van der Waals surface area contributed by atoms with Crippen molar-refractivity contribution in [1.29, 1.82) is 0 Å². The lowest BCUT2D eigenvalue weighted by Gasteiger charge is -2.26. The number of benzene rings is 1. The van der Waals surface area contributed by atoms with Gasteiger partial charge in [-0.05, 0) is 34.7 Å². The quantitative estimate of drug-likeness (QED) is 0.652. The third-order valence-electron chi connectivity index (χ3n) is 2.23. The van der Waals surface area contributed by atoms with Gasteiger partial charge in [0.2, 0.25) is 0 Å². The Morgan fingerprint density at radius 2 is 2.25 bits per heavy atom. The fraction of sp³-hybridized carbons (Fsp3) is 0.300. The first-order chi connectivity index (χ1) is 7.58. The Hall–Kier alpha value is -0.400. The van der Waals surface area contributed by atoms with E-state index in [0.29, 0.717) is 22.3 Å². The molecule has 0 saturated carbocycles. The molecule has 0 aliphatic carbocycles. The lowest BCUT2D eigenvalue weighted by atomic mass is 10.2. The number of hydrogen-bond acceptors (Lipinski definition) is 2. The zero-order chi connectivity index (χ0) is 11.7. The van der Waals surface area contributed by atoms with Crippen LogP contribution in [0.2, 0.25) is 5.02 Å². The summed E-state index contributed by atoms with van der Waals surface area (Å²) in [6, 6.07) is 2.62. The van der Waals surface area contributed by atoms with Gasteiger partial charge in [0.1, 0.15) is 5.82 Å². The second-order valence-electron chi connectivity index (χ2n) is 3.45. The van der Waals surface area contributed by atoms with Crippen molar-refractivity contribution in [3.05, 3.63) is 32.1 Å². The van der Waals surface area contributed by atoms with E-state index in [0.717, 1.165) is 6.07 Å². The molecule has 6 heteroatoms. The van der Waals surface area contributed by atoms with Crippen molar-refractivity contribution in [1.82, 2.24) is 5.32 Å². The van der Waals surface area contributed by atoms with E-state index in [1.54, 1.807) is 0 Å². The van der Waals surface area contributed by atoms with Crippen molar-refractivity contribution in [2.24, 2.45) is 0 Å². The summed E-state index contributed by atoms with van der Waals surface area (Å²) in [6.07, 6.45) is 0. The average molecular weight is 356 g/mol. The fourth-order valence-corrected chi connectivity index (χ4v) is 1.98. The van der Waals surface area contributed by atoms with Crippen LogP contribution in [0.5, 0.6) is 0 Å². The molecule has 2 rings (SSSR count). The van der Waals surface area contributed by atoms with Gasteiger partial charge in [-0.3, -0.25) is 4.79 Å². The minimum atomic E-state index is -0.422. The maximum Gasteiger partial charge on any atom is 0.253 e. The highest BCUT2D eigenvalue weighted by atomic mass is 127. The molecule has 1 aromatic rings. The highest BCUT2D eigenvalue weighted by Crippen LogP contribution is 2.22. The van der Waals surface area contributed by atoms with Crippen LogP contribution in [-0.4, -0.2) is 25.2 Å². The Kier molecular flexibility index (Phi) is 3.66. The van der Waals surface area contributed by atoms with Gasteiger partial charge in [0, 0.05) is 3.57 Å². The van der Waals surface area contributed by atoms with Crippen LogP contribution in [0.4, 0.5) is 4.39 Å². The van der Waals surface area contributed by atoms with Crippen LogP contribution in [0.1, 0.15) is 10.4 Å². The molecule has 1 aliphatic rings. The predicted molar refractivity (Wildman–Crippen MR) is 66.2 cm³/mol. The van der Waals surface area contributed by atoms with Crippen molar-refractivity contribution < 1.29 is 13.9 Å². The van der Waals surface area contributed by atoms with E-state index in [9.17, 15) is 9.18 Å². The third-order valence-corrected chi connectivity index (χ3v) is 3.37. The minimum Gasteiger partial charge on any atom is -0.377 e. The maximum atomic E-state index is 13.1. The second-order valence-corrected chi connectivity index (χ2v) is 5.02. The smallest absolute Gasteiger partial charge is 0.253 e. The van der Waals surface area contributed by atoms with E-state index < -0.39 is 5.82 Å². The van der Waals surface area contributed by atoms with Gasteiger partial charge in [0.25, 0.3) is 5.91 Å². The first kappa shape index (κ1) is 12.1. The van der Waals surface area contributed by atoms with Gasteiger partial charge in [0.05, 0.1) is 29.8 Å². The van der Waals surface area contributed by atoms with E-state index in [1.165, 1.54) is 6.07 Å². The molecular formula is C10H8ClFINO2. The number of amides is 1. The molecule has 0 atom stereocenters. The van der Waals surface area contributed by atoms with Crippen molar-refractivity contribution in [3.8, 4) is 0 Å². The number of carbonyl (C=O) groups is 1. The van der Waals surface area contributed by atoms with Crippen LogP contribution in [0.15, 0.2) is 12.1 Å². The van der Waals surface area contributed by atoms with Gasteiger partial charge in [0.15, 0.2) is 0 Å². The zero-order valence-electron chi connectivity index (χ0n) is 8.10. The fourth-order valence-electron chi connectivity index (χ4n) is 1.28. The molecule has 1 amide bonds. The number of rotatable bonds is 2. The molecule has 0 bridgehead atoms. The second kappa shape index (κ2) is 4.85. The van der Waals surface area contributed by atoms with Gasteiger partial charge in [-0.1, -0.05) is 11.6 Å². The third kappa shape index (κ3) is 2.46. The molecule has 1 N–H and O–H groups in total. The van der Waals surface area contributed by atoms with Crippen LogP contribution < -0.4 is 5.32 Å². The van der Waals surface area contributed by atoms with Crippen molar-refractivity contribution in [3.63, 3.8) is 0 Å². The molecule has 1 aliphatic heterocycles. The van der Waals surface area contributed by atoms with Gasteiger partial charge in [-0.2, -0.15) is 0 Å². The topological polar surface area (TPSA) is 38.3 Å². The van der Waals surface area contributed by atoms with Crippen molar-refractivity contribution >= 4 is 40.1 Å². The van der Waals surface area contributed by atoms with E-state index >= 15 is 0 Å². The molecule has 0 radical (unpaired) electrons. The molecule has 16 heavy (non-hydrogen) atoms. The molecule has 0 aromatic heterocycles. The van der Waals surface area contributed by atoms with Gasteiger partial charge in [-0.25, -0.2) is 4.39 Å². The van der Waals surface area contributed by atoms with Crippen LogP contribution in [0.3, 0.4) is 0 Å². The zero-order valence-corrected chi connectivity index (χ0v) is 11.0. The van der Waals surface area contributed by atoms with E-state index in [4.69, 9.17) is 16.3 Å². The van der Waals surface area contributed by atoms with Crippen LogP contribution in [0, 0.1) is 9.39 Å². The largest absolute Gasteiger partial charge is 0.377 e. The normalized spacial score (nSPS) is 15.7. The lowest BCUT2D eigenvalue weighted by molar-refractivity contribution is -0.00346. The Labute approximate surface area is 110 Å². The summed E-state index contributed by atoms with van der Waals surface area (Å²) in [7, 11) is 0. The summed E-state index contributed by atoms with van der Waals surface area (Å²) >= 11 is 7.62. The molecule has 86 valence electrons. The predicted octanol–water partition coefficient (Wildman–Crippen LogP) is 2.21. The molecule has 3 nitrogen and oxygen atoms in total. The number of ether oxygens (including phenoxy) is 1. The maximum absolute atomic E-state index is 13.1. The summed E-state index contributed by atoms with van der Waals surface area (Å²) in [4.78, 5) is 11.8. The Balaban J connectivity index is 2.18. The minimum absolute atomic E-state index is 0.0336. The summed E-state index contributed by atoms with van der Waals surface area (Å²) in [5, 5.41) is 2.87. The highest BCUT2D eigenvalue weighted by molar-refractivity contribution is 14.1. The monoisotopic (exact) mass is 355 g/mol. The van der Waals surface area contributed by atoms with Crippen LogP contribution >= 0.6 is 34.2 Å². The van der Waals surface area contributed by atoms with E-state index in [-0.39, 0.29) is 17.0 Å². The van der Waals surface area contributed by atoms with E-state index in [2.05, 4.69) is 5.32 Å². The molecule has 0 unspecified atom stereocenters. The highest BCUT2D eigenvalue weighted by Gasteiger charge is 2.22. The number of nitrogens with one attached hydrogen (secondary N) is 1. The standard InChI is InChI=1S/C10H8ClFINO2/c11-7-2-8(12)9(13)1-6(7)10(15)14-5-3-16-4-5/h1-2,5H,3-4H2,(H,14,15). The number of carbonyl (C=O) groups excluding carboxylic acids is 1. The van der Waals surface area contributed by atoms with Crippen molar-refractivity contribution in [2.75, 3.05) is 13.2 Å². The summed E-state index contributed by atoms with van der Waals surface area (Å²) in [6.45, 7) is 1.03. The Bertz CT molecular complexity index is 437. The van der Waals surface area contributed by atoms with Gasteiger partial charge >= 0.3 is 0 Å². The molecule has 1 saturated heterocycles. The molecular weight excluding hydrogens is 347 g/mol. The molecule has 1 fully saturated rings. The summed E-state index contributed by atoms with van der Waals surface area (Å²) in [5.74, 6) is -0.717. The SMILES string of the molecule is O=C(NC1COC1)c1cc(I)c(F)cc1Cl. The molecule has 1 heterocycles. The Morgan fingerprint density at radius 1 is 1.56 bits per heavy atom. The van der Waals surface area contributed by atoms with Crippen molar-refractivity contribution in [2.45, 2.75) is 6.04 Å². The summed E-state index contributed by atoms with van der Waals surface area (Å²) < 4.78 is 18.4. The number of halogens is 3. The first-order valence-electron chi connectivity index (χ1n) is 4.61. The van der Waals surface area contributed by atoms with Crippen LogP contribution in [0.25, 0.3) is 0 Å². The van der Waals surface area contributed by atoms with Crippen LogP contribution in [-0.2, 0) is 4.74 Å². The van der Waals surface area contributed by atoms with E-state index in [1.807, 2.05) is 22.6 Å². The molecule has 0 spiro atoms. The summed E-state index contributed by atoms with van der Waals surface area (Å²) in [5.41, 5.74) is 0.291. The van der Waals surface area contributed by atoms with Gasteiger partial charge in [-0.15, -0.1) is 0 Å². The lowest BCUT2D eigenvalue weighted by Crippen LogP contribution is -2.48. The van der Waals surface area contributed by atoms with Gasteiger partial charge < -0.3 is 10.1 Å². The molecule has 1 aromatic carbocycles. The Morgan fingerprint density at radius 3 is 2.81 bits per heavy atom.